The molecule has 0 saturated heterocycles. The van der Waals surface area contributed by atoms with Crippen LogP contribution < -0.4 is 0 Å². The quantitative estimate of drug-likeness (QED) is 0.427. The van der Waals surface area contributed by atoms with Crippen LogP contribution in [-0.4, -0.2) is 19.6 Å². The van der Waals surface area contributed by atoms with Crippen molar-refractivity contribution in [2.45, 2.75) is 0 Å². The highest BCUT2D eigenvalue weighted by Gasteiger charge is 2.06. The highest BCUT2D eigenvalue weighted by Crippen LogP contribution is 2.22. The van der Waals surface area contributed by atoms with Crippen LogP contribution in [0.25, 0.3) is 27.6 Å². The molecule has 2 aromatic heterocycles. The predicted octanol–water partition coefficient (Wildman–Crippen LogP) is 2.43. The predicted molar refractivity (Wildman–Crippen MR) is 65.8 cm³/mol. The SMILES string of the molecule is c1ccc2c(c1)ccc1c2nnc2nccn21. The van der Waals surface area contributed by atoms with Crippen molar-refractivity contribution >= 4 is 27.6 Å². The summed E-state index contributed by atoms with van der Waals surface area (Å²) >= 11 is 0. The molecule has 17 heavy (non-hydrogen) atoms. The van der Waals surface area contributed by atoms with Crippen molar-refractivity contribution in [2.75, 3.05) is 0 Å². The van der Waals surface area contributed by atoms with Gasteiger partial charge in [-0.25, -0.2) is 4.98 Å². The molecule has 0 aliphatic carbocycles. The molecule has 4 rings (SSSR count). The Morgan fingerprint density at radius 3 is 2.88 bits per heavy atom. The van der Waals surface area contributed by atoms with Crippen LogP contribution in [0.4, 0.5) is 0 Å². The molecule has 0 N–H and O–H groups in total. The average molecular weight is 220 g/mol. The van der Waals surface area contributed by atoms with Gasteiger partial charge in [0.2, 0.25) is 0 Å². The molecule has 0 unspecified atom stereocenters. The Bertz CT molecular complexity index is 848. The normalized spacial score (nSPS) is 11.5. The zero-order valence-electron chi connectivity index (χ0n) is 8.91. The summed E-state index contributed by atoms with van der Waals surface area (Å²) in [5.41, 5.74) is 1.94. The Balaban J connectivity index is 2.34. The molecule has 4 nitrogen and oxygen atoms in total. The summed E-state index contributed by atoms with van der Waals surface area (Å²) in [6.45, 7) is 0. The number of hydrogen-bond acceptors (Lipinski definition) is 3. The maximum absolute atomic E-state index is 4.28. The van der Waals surface area contributed by atoms with Crippen molar-refractivity contribution in [1.82, 2.24) is 19.6 Å². The van der Waals surface area contributed by atoms with Gasteiger partial charge in [-0.3, -0.25) is 4.40 Å². The zero-order valence-corrected chi connectivity index (χ0v) is 8.91. The van der Waals surface area contributed by atoms with Gasteiger partial charge in [0.1, 0.15) is 5.52 Å². The maximum Gasteiger partial charge on any atom is 0.254 e. The fraction of sp³-hybridized carbons (Fsp3) is 0. The van der Waals surface area contributed by atoms with E-state index in [1.165, 1.54) is 5.39 Å². The standard InChI is InChI=1S/C13H8N4/c1-2-4-10-9(3-1)5-6-11-12(10)15-16-13-14-7-8-17(11)13/h1-8H. The van der Waals surface area contributed by atoms with Gasteiger partial charge in [0, 0.05) is 17.8 Å². The number of fused-ring (bicyclic) bond motifs is 5. The second-order valence-corrected chi connectivity index (χ2v) is 3.95. The van der Waals surface area contributed by atoms with E-state index < -0.39 is 0 Å². The Kier molecular flexibility index (Phi) is 1.53. The summed E-state index contributed by atoms with van der Waals surface area (Å²) in [5.74, 6) is 0.632. The third-order valence-corrected chi connectivity index (χ3v) is 3.00. The van der Waals surface area contributed by atoms with Gasteiger partial charge < -0.3 is 0 Å². The molecule has 80 valence electrons. The van der Waals surface area contributed by atoms with Crippen molar-refractivity contribution in [1.29, 1.82) is 0 Å². The highest BCUT2D eigenvalue weighted by molar-refractivity contribution is 6.03. The van der Waals surface area contributed by atoms with Crippen LogP contribution in [0.5, 0.6) is 0 Å². The Hall–Kier alpha value is -2.49. The molecule has 2 heterocycles. The molecule has 0 amide bonds. The first kappa shape index (κ1) is 8.64. The van der Waals surface area contributed by atoms with Crippen molar-refractivity contribution in [3.8, 4) is 0 Å². The highest BCUT2D eigenvalue weighted by atomic mass is 15.2. The van der Waals surface area contributed by atoms with Crippen molar-refractivity contribution < 1.29 is 0 Å². The summed E-state index contributed by atoms with van der Waals surface area (Å²) in [7, 11) is 0. The van der Waals surface area contributed by atoms with Crippen molar-refractivity contribution in [3.05, 3.63) is 48.8 Å². The fourth-order valence-electron chi connectivity index (χ4n) is 2.20. The maximum atomic E-state index is 4.28. The van der Waals surface area contributed by atoms with E-state index in [0.717, 1.165) is 16.4 Å². The van der Waals surface area contributed by atoms with Gasteiger partial charge in [-0.2, -0.15) is 0 Å². The molecular weight excluding hydrogens is 212 g/mol. The van der Waals surface area contributed by atoms with Crippen LogP contribution in [0.15, 0.2) is 48.8 Å². The van der Waals surface area contributed by atoms with Crippen LogP contribution in [0.1, 0.15) is 0 Å². The summed E-state index contributed by atoms with van der Waals surface area (Å²) < 4.78 is 1.95. The molecule has 0 bridgehead atoms. The molecule has 4 heteroatoms. The Morgan fingerprint density at radius 2 is 1.88 bits per heavy atom. The second-order valence-electron chi connectivity index (χ2n) is 3.95. The van der Waals surface area contributed by atoms with Crippen LogP contribution in [0.3, 0.4) is 0 Å². The van der Waals surface area contributed by atoms with Gasteiger partial charge in [-0.1, -0.05) is 30.3 Å². The van der Waals surface area contributed by atoms with E-state index in [1.54, 1.807) is 6.20 Å². The van der Waals surface area contributed by atoms with Gasteiger partial charge >= 0.3 is 0 Å². The summed E-state index contributed by atoms with van der Waals surface area (Å²) in [5, 5.41) is 10.7. The molecule has 0 aliphatic rings. The van der Waals surface area contributed by atoms with E-state index in [-0.39, 0.29) is 0 Å². The number of aromatic nitrogens is 4. The van der Waals surface area contributed by atoms with E-state index in [4.69, 9.17) is 0 Å². The molecule has 0 saturated carbocycles. The minimum atomic E-state index is 0.632. The molecule has 2 aromatic carbocycles. The first-order valence-electron chi connectivity index (χ1n) is 5.41. The van der Waals surface area contributed by atoms with E-state index in [9.17, 15) is 0 Å². The summed E-state index contributed by atoms with van der Waals surface area (Å²) in [4.78, 5) is 4.14. The molecular formula is C13H8N4. The number of nitrogens with zero attached hydrogens (tertiary/aromatic N) is 4. The minimum Gasteiger partial charge on any atom is -0.281 e. The van der Waals surface area contributed by atoms with Crippen LogP contribution >= 0.6 is 0 Å². The lowest BCUT2D eigenvalue weighted by Crippen LogP contribution is -1.94. The van der Waals surface area contributed by atoms with Gasteiger partial charge in [0.05, 0.1) is 5.52 Å². The first-order valence-corrected chi connectivity index (χ1v) is 5.41. The van der Waals surface area contributed by atoms with E-state index in [1.807, 2.05) is 22.7 Å². The fourth-order valence-corrected chi connectivity index (χ4v) is 2.20. The molecule has 0 aliphatic heterocycles. The Labute approximate surface area is 96.5 Å². The third-order valence-electron chi connectivity index (χ3n) is 3.00. The largest absolute Gasteiger partial charge is 0.281 e. The van der Waals surface area contributed by atoms with Crippen LogP contribution in [-0.2, 0) is 0 Å². The molecule has 0 fully saturated rings. The first-order chi connectivity index (χ1) is 8.43. The van der Waals surface area contributed by atoms with Crippen LogP contribution in [0, 0.1) is 0 Å². The van der Waals surface area contributed by atoms with Gasteiger partial charge in [-0.05, 0) is 11.5 Å². The summed E-state index contributed by atoms with van der Waals surface area (Å²) in [6.07, 6.45) is 3.64. The smallest absolute Gasteiger partial charge is 0.254 e. The van der Waals surface area contributed by atoms with Gasteiger partial charge in [0.15, 0.2) is 0 Å². The molecule has 0 radical (unpaired) electrons. The number of benzene rings is 2. The summed E-state index contributed by atoms with van der Waals surface area (Å²) in [6, 6.07) is 12.3. The van der Waals surface area contributed by atoms with E-state index in [0.29, 0.717) is 5.78 Å². The van der Waals surface area contributed by atoms with E-state index in [2.05, 4.69) is 39.4 Å². The third kappa shape index (κ3) is 1.09. The number of hydrogen-bond donors (Lipinski definition) is 0. The average Bonchev–Trinajstić information content (AvgIpc) is 2.86. The van der Waals surface area contributed by atoms with Gasteiger partial charge in [-0.15, -0.1) is 10.2 Å². The van der Waals surface area contributed by atoms with Gasteiger partial charge in [0.25, 0.3) is 5.78 Å². The topological polar surface area (TPSA) is 43.1 Å². The second kappa shape index (κ2) is 3.01. The lowest BCUT2D eigenvalue weighted by molar-refractivity contribution is 1.03. The zero-order chi connectivity index (χ0) is 11.2. The number of rotatable bonds is 0. The van der Waals surface area contributed by atoms with Crippen molar-refractivity contribution in [2.24, 2.45) is 0 Å². The molecule has 0 spiro atoms. The molecule has 4 aromatic rings. The van der Waals surface area contributed by atoms with Crippen LogP contribution in [0.2, 0.25) is 0 Å². The molecule has 0 atom stereocenters. The number of imidazole rings is 1. The minimum absolute atomic E-state index is 0.632. The Morgan fingerprint density at radius 1 is 0.941 bits per heavy atom. The van der Waals surface area contributed by atoms with Crippen molar-refractivity contribution in [3.63, 3.8) is 0 Å². The monoisotopic (exact) mass is 220 g/mol. The van der Waals surface area contributed by atoms with E-state index >= 15 is 0 Å². The lowest BCUT2D eigenvalue weighted by Gasteiger charge is -2.03. The lowest BCUT2D eigenvalue weighted by atomic mass is 10.1.